The van der Waals surface area contributed by atoms with E-state index in [1.807, 2.05) is 6.92 Å². The smallest absolute Gasteiger partial charge is 0.0701 e. The van der Waals surface area contributed by atoms with Crippen LogP contribution >= 0.6 is 0 Å². The maximum Gasteiger partial charge on any atom is 0.0701 e. The molecule has 110 valence electrons. The van der Waals surface area contributed by atoms with Gasteiger partial charge in [0.05, 0.1) is 52.9 Å². The van der Waals surface area contributed by atoms with Gasteiger partial charge in [0.2, 0.25) is 0 Å². The van der Waals surface area contributed by atoms with Crippen molar-refractivity contribution in [1.29, 1.82) is 0 Å². The van der Waals surface area contributed by atoms with Gasteiger partial charge in [0.25, 0.3) is 0 Å². The number of aliphatic hydroxyl groups is 2. The molecule has 0 unspecified atom stereocenters. The van der Waals surface area contributed by atoms with Crippen LogP contribution in [0.5, 0.6) is 0 Å². The summed E-state index contributed by atoms with van der Waals surface area (Å²) in [5.41, 5.74) is 1.38. The number of rotatable bonds is 10. The predicted molar refractivity (Wildman–Crippen MR) is 71.7 cm³/mol. The highest BCUT2D eigenvalue weighted by atomic mass is 16.5. The average Bonchev–Trinajstić information content (AvgIpc) is 2.37. The molecule has 0 aliphatic rings. The summed E-state index contributed by atoms with van der Waals surface area (Å²) < 4.78 is 15.0. The van der Waals surface area contributed by atoms with Gasteiger partial charge in [0, 0.05) is 0 Å². The lowest BCUT2D eigenvalue weighted by molar-refractivity contribution is 0.00230. The molecule has 0 radical (unpaired) electrons. The molecular formula is C13H28O5. The van der Waals surface area contributed by atoms with E-state index in [4.69, 9.17) is 24.4 Å². The molecular weight excluding hydrogens is 236 g/mol. The highest BCUT2D eigenvalue weighted by Crippen LogP contribution is 1.82. The van der Waals surface area contributed by atoms with Crippen LogP contribution in [0.3, 0.4) is 0 Å². The van der Waals surface area contributed by atoms with E-state index in [1.165, 1.54) is 5.57 Å². The molecule has 0 fully saturated rings. The van der Waals surface area contributed by atoms with Gasteiger partial charge in [-0.15, -0.1) is 0 Å². The number of hydrogen-bond acceptors (Lipinski definition) is 5. The Labute approximate surface area is 110 Å². The van der Waals surface area contributed by atoms with E-state index in [1.54, 1.807) is 0 Å². The lowest BCUT2D eigenvalue weighted by Gasteiger charge is -2.04. The first-order chi connectivity index (χ1) is 8.68. The number of ether oxygens (including phenoxy) is 3. The summed E-state index contributed by atoms with van der Waals surface area (Å²) in [5, 5.41) is 16.7. The highest BCUT2D eigenvalue weighted by molar-refractivity contribution is 4.88. The van der Waals surface area contributed by atoms with E-state index in [-0.39, 0.29) is 13.2 Å². The largest absolute Gasteiger partial charge is 0.394 e. The molecule has 0 heterocycles. The molecule has 2 N–H and O–H groups in total. The minimum Gasteiger partial charge on any atom is -0.394 e. The van der Waals surface area contributed by atoms with Gasteiger partial charge in [0.1, 0.15) is 0 Å². The van der Waals surface area contributed by atoms with Crippen molar-refractivity contribution >= 4 is 0 Å². The van der Waals surface area contributed by atoms with Gasteiger partial charge < -0.3 is 24.4 Å². The molecule has 0 aromatic carbocycles. The predicted octanol–water partition coefficient (Wildman–Crippen LogP) is 0.993. The molecule has 18 heavy (non-hydrogen) atoms. The lowest BCUT2D eigenvalue weighted by Crippen LogP contribution is -2.11. The number of hydrogen-bond donors (Lipinski definition) is 2. The van der Waals surface area contributed by atoms with E-state index in [9.17, 15) is 0 Å². The molecule has 0 bridgehead atoms. The Balaban J connectivity index is 0. The van der Waals surface area contributed by atoms with Crippen LogP contribution in [0.1, 0.15) is 20.8 Å². The van der Waals surface area contributed by atoms with Crippen molar-refractivity contribution in [2.75, 3.05) is 52.9 Å². The van der Waals surface area contributed by atoms with Crippen molar-refractivity contribution in [3.8, 4) is 0 Å². The van der Waals surface area contributed by atoms with Crippen LogP contribution in [-0.2, 0) is 14.2 Å². The zero-order chi connectivity index (χ0) is 14.1. The minimum absolute atomic E-state index is 0.0413. The zero-order valence-corrected chi connectivity index (χ0v) is 11.9. The van der Waals surface area contributed by atoms with Crippen LogP contribution in [0.25, 0.3) is 0 Å². The monoisotopic (exact) mass is 264 g/mol. The maximum absolute atomic E-state index is 8.36. The van der Waals surface area contributed by atoms with Crippen LogP contribution in [-0.4, -0.2) is 63.1 Å². The summed E-state index contributed by atoms with van der Waals surface area (Å²) >= 11 is 0. The lowest BCUT2D eigenvalue weighted by atomic mass is 10.3. The van der Waals surface area contributed by atoms with E-state index < -0.39 is 0 Å². The molecule has 0 aromatic heterocycles. The molecule has 0 aromatic rings. The second-order valence-corrected chi connectivity index (χ2v) is 3.65. The van der Waals surface area contributed by atoms with E-state index in [0.717, 1.165) is 0 Å². The fourth-order valence-corrected chi connectivity index (χ4v) is 0.671. The normalized spacial score (nSPS) is 9.61. The molecule has 0 aliphatic carbocycles. The first-order valence-corrected chi connectivity index (χ1v) is 6.23. The van der Waals surface area contributed by atoms with E-state index >= 15 is 0 Å². The van der Waals surface area contributed by atoms with Crippen LogP contribution in [0, 0.1) is 0 Å². The Morgan fingerprint density at radius 1 is 0.778 bits per heavy atom. The van der Waals surface area contributed by atoms with Crippen LogP contribution in [0.2, 0.25) is 0 Å². The molecule has 0 rings (SSSR count). The Bertz CT molecular complexity index is 157. The zero-order valence-electron chi connectivity index (χ0n) is 11.9. The first-order valence-electron chi connectivity index (χ1n) is 6.23. The quantitative estimate of drug-likeness (QED) is 0.455. The van der Waals surface area contributed by atoms with Crippen molar-refractivity contribution < 1.29 is 24.4 Å². The Kier molecular flexibility index (Phi) is 20.9. The topological polar surface area (TPSA) is 68.2 Å². The summed E-state index contributed by atoms with van der Waals surface area (Å²) in [5.74, 6) is 0. The Hall–Kier alpha value is -0.460. The SMILES string of the molecule is CC=C(C)C.OCCOCCOCCOCCO. The third kappa shape index (κ3) is 24.7. The van der Waals surface area contributed by atoms with E-state index in [0.29, 0.717) is 39.6 Å². The van der Waals surface area contributed by atoms with Gasteiger partial charge in [-0.3, -0.25) is 0 Å². The highest BCUT2D eigenvalue weighted by Gasteiger charge is 1.89. The van der Waals surface area contributed by atoms with Crippen molar-refractivity contribution in [2.45, 2.75) is 20.8 Å². The Morgan fingerprint density at radius 3 is 1.28 bits per heavy atom. The van der Waals surface area contributed by atoms with Crippen molar-refractivity contribution in [2.24, 2.45) is 0 Å². The second kappa shape index (κ2) is 18.9. The molecule has 0 saturated carbocycles. The summed E-state index contributed by atoms with van der Waals surface area (Å²) in [6.45, 7) is 8.97. The summed E-state index contributed by atoms with van der Waals surface area (Å²) in [6, 6.07) is 0. The van der Waals surface area contributed by atoms with Crippen molar-refractivity contribution in [3.05, 3.63) is 11.6 Å². The van der Waals surface area contributed by atoms with Crippen LogP contribution < -0.4 is 0 Å². The fraction of sp³-hybridized carbons (Fsp3) is 0.846. The van der Waals surface area contributed by atoms with Gasteiger partial charge in [-0.1, -0.05) is 11.6 Å². The molecule has 0 saturated heterocycles. The molecule has 5 heteroatoms. The molecule has 0 amide bonds. The van der Waals surface area contributed by atoms with Crippen molar-refractivity contribution in [1.82, 2.24) is 0 Å². The van der Waals surface area contributed by atoms with Gasteiger partial charge in [-0.05, 0) is 20.8 Å². The van der Waals surface area contributed by atoms with Crippen LogP contribution in [0.15, 0.2) is 11.6 Å². The summed E-state index contributed by atoms with van der Waals surface area (Å²) in [4.78, 5) is 0. The molecule has 0 aliphatic heterocycles. The van der Waals surface area contributed by atoms with Gasteiger partial charge >= 0.3 is 0 Å². The third-order valence-corrected chi connectivity index (χ3v) is 1.79. The maximum atomic E-state index is 8.36. The standard InChI is InChI=1S/C8H18O5.C5H10/c9-1-3-11-5-7-13-8-6-12-4-2-10;1-4-5(2)3/h9-10H,1-8H2;4H,1-3H3. The molecule has 0 spiro atoms. The van der Waals surface area contributed by atoms with Crippen molar-refractivity contribution in [3.63, 3.8) is 0 Å². The summed E-state index contributed by atoms with van der Waals surface area (Å²) in [7, 11) is 0. The first kappa shape index (κ1) is 19.9. The van der Waals surface area contributed by atoms with Gasteiger partial charge in [-0.2, -0.15) is 0 Å². The fourth-order valence-electron chi connectivity index (χ4n) is 0.671. The van der Waals surface area contributed by atoms with Crippen LogP contribution in [0.4, 0.5) is 0 Å². The minimum atomic E-state index is 0.0413. The third-order valence-electron chi connectivity index (χ3n) is 1.79. The number of allylic oxidation sites excluding steroid dienone is 2. The second-order valence-electron chi connectivity index (χ2n) is 3.65. The average molecular weight is 264 g/mol. The van der Waals surface area contributed by atoms with E-state index in [2.05, 4.69) is 19.9 Å². The number of aliphatic hydroxyl groups excluding tert-OH is 2. The van der Waals surface area contributed by atoms with Gasteiger partial charge in [0.15, 0.2) is 0 Å². The molecule has 0 atom stereocenters. The summed E-state index contributed by atoms with van der Waals surface area (Å²) in [6.07, 6.45) is 2.08. The van der Waals surface area contributed by atoms with Gasteiger partial charge in [-0.25, -0.2) is 0 Å². The Morgan fingerprint density at radius 2 is 1.06 bits per heavy atom. The molecule has 5 nitrogen and oxygen atoms in total.